The summed E-state index contributed by atoms with van der Waals surface area (Å²) in [5, 5.41) is 5.98. The number of hydrogen-bond acceptors (Lipinski definition) is 5. The Morgan fingerprint density at radius 3 is 2.66 bits per heavy atom. The van der Waals surface area contributed by atoms with Crippen LogP contribution in [-0.4, -0.2) is 45.5 Å². The van der Waals surface area contributed by atoms with Crippen LogP contribution in [-0.2, 0) is 17.8 Å². The first kappa shape index (κ1) is 23.3. The molecular weight excluding hydrogens is 440 g/mol. The fraction of sp³-hybridized carbons (Fsp3) is 0.481. The third kappa shape index (κ3) is 5.16. The van der Waals surface area contributed by atoms with E-state index in [2.05, 4.69) is 26.2 Å². The van der Waals surface area contributed by atoms with E-state index in [1.54, 1.807) is 6.07 Å². The second kappa shape index (κ2) is 10.1. The van der Waals surface area contributed by atoms with E-state index in [1.807, 2.05) is 32.0 Å². The number of anilines is 2. The average Bonchev–Trinajstić information content (AvgIpc) is 3.41. The summed E-state index contributed by atoms with van der Waals surface area (Å²) in [5.74, 6) is 0.666. The van der Waals surface area contributed by atoms with Crippen LogP contribution >= 0.6 is 0 Å². The van der Waals surface area contributed by atoms with E-state index in [0.29, 0.717) is 11.1 Å². The van der Waals surface area contributed by atoms with E-state index in [4.69, 9.17) is 9.97 Å². The molecule has 2 aliphatic heterocycles. The number of imidazole rings is 1. The van der Waals surface area contributed by atoms with Crippen LogP contribution in [0.2, 0.25) is 0 Å². The van der Waals surface area contributed by atoms with Crippen LogP contribution in [0.3, 0.4) is 0 Å². The number of nitrogens with zero attached hydrogens (tertiary/aromatic N) is 4. The minimum Gasteiger partial charge on any atom is -0.371 e. The van der Waals surface area contributed by atoms with Crippen molar-refractivity contribution in [3.8, 4) is 0 Å². The number of fused-ring (bicyclic) bond motifs is 3. The van der Waals surface area contributed by atoms with Crippen molar-refractivity contribution in [2.75, 3.05) is 23.3 Å². The van der Waals surface area contributed by atoms with Crippen LogP contribution in [0.15, 0.2) is 30.3 Å². The maximum atomic E-state index is 13.2. The van der Waals surface area contributed by atoms with Gasteiger partial charge in [-0.05, 0) is 63.8 Å². The Labute approximate surface area is 206 Å². The van der Waals surface area contributed by atoms with Gasteiger partial charge in [-0.2, -0.15) is 0 Å². The summed E-state index contributed by atoms with van der Waals surface area (Å²) in [7, 11) is 0. The van der Waals surface area contributed by atoms with E-state index in [0.717, 1.165) is 67.4 Å². The molecule has 2 aromatic heterocycles. The highest BCUT2D eigenvalue weighted by Gasteiger charge is 2.22. The molecule has 2 N–H and O–H groups in total. The second-order valence-electron chi connectivity index (χ2n) is 9.85. The Hall–Kier alpha value is -3.42. The minimum absolute atomic E-state index is 0.124. The molecule has 3 aromatic rings. The normalized spacial score (nSPS) is 16.6. The third-order valence-corrected chi connectivity index (χ3v) is 6.91. The third-order valence-electron chi connectivity index (χ3n) is 6.91. The standard InChI is InChI=1S/C27H34N6O2/c1-18-15-22(25-26(28-18)33-14-5-3-4-11-23(33)31-25)27(35)29-19(2)16-24(34)30-20-9-8-10-21(17-20)32-12-6-7-13-32/h8-10,15,17,19H,3-7,11-14,16H2,1-2H3,(H,29,35)(H,30,34). The highest BCUT2D eigenvalue weighted by atomic mass is 16.2. The number of carbonyl (C=O) groups is 2. The lowest BCUT2D eigenvalue weighted by Gasteiger charge is -2.19. The molecule has 2 aliphatic rings. The molecule has 0 radical (unpaired) electrons. The van der Waals surface area contributed by atoms with Gasteiger partial charge in [-0.25, -0.2) is 9.97 Å². The van der Waals surface area contributed by atoms with Crippen molar-refractivity contribution in [1.29, 1.82) is 0 Å². The quantitative estimate of drug-likeness (QED) is 0.558. The molecule has 0 aliphatic carbocycles. The molecule has 0 bridgehead atoms. The summed E-state index contributed by atoms with van der Waals surface area (Å²) in [6.45, 7) is 6.76. The van der Waals surface area contributed by atoms with E-state index in [-0.39, 0.29) is 24.3 Å². The van der Waals surface area contributed by atoms with Crippen molar-refractivity contribution in [2.45, 2.75) is 71.4 Å². The van der Waals surface area contributed by atoms with Gasteiger partial charge in [-0.15, -0.1) is 0 Å². The van der Waals surface area contributed by atoms with Crippen LogP contribution in [0.25, 0.3) is 11.2 Å². The molecule has 2 amide bonds. The van der Waals surface area contributed by atoms with Crippen LogP contribution in [0.4, 0.5) is 11.4 Å². The van der Waals surface area contributed by atoms with Crippen molar-refractivity contribution in [2.24, 2.45) is 0 Å². The Bertz CT molecular complexity index is 1240. The lowest BCUT2D eigenvalue weighted by molar-refractivity contribution is -0.116. The van der Waals surface area contributed by atoms with Crippen LogP contribution < -0.4 is 15.5 Å². The molecule has 1 fully saturated rings. The molecule has 8 heteroatoms. The first-order valence-corrected chi connectivity index (χ1v) is 12.8. The van der Waals surface area contributed by atoms with Gasteiger partial charge in [-0.1, -0.05) is 12.5 Å². The lowest BCUT2D eigenvalue weighted by atomic mass is 10.1. The molecule has 4 heterocycles. The number of pyridine rings is 1. The summed E-state index contributed by atoms with van der Waals surface area (Å²) >= 11 is 0. The largest absolute Gasteiger partial charge is 0.371 e. The SMILES string of the molecule is Cc1cc(C(=O)NC(C)CC(=O)Nc2cccc(N3CCCC3)c2)c2nc3n(c2n1)CCCCC3. The monoisotopic (exact) mass is 474 g/mol. The van der Waals surface area contributed by atoms with Gasteiger partial charge in [0.2, 0.25) is 5.91 Å². The van der Waals surface area contributed by atoms with Crippen molar-refractivity contribution in [3.63, 3.8) is 0 Å². The maximum absolute atomic E-state index is 13.2. The average molecular weight is 475 g/mol. The van der Waals surface area contributed by atoms with Crippen LogP contribution in [0.5, 0.6) is 0 Å². The zero-order chi connectivity index (χ0) is 24.4. The fourth-order valence-corrected chi connectivity index (χ4v) is 5.19. The van der Waals surface area contributed by atoms with Gasteiger partial charge in [0, 0.05) is 55.6 Å². The number of aryl methyl sites for hydroxylation is 3. The van der Waals surface area contributed by atoms with Crippen LogP contribution in [0, 0.1) is 6.92 Å². The molecule has 0 spiro atoms. The topological polar surface area (TPSA) is 92.2 Å². The van der Waals surface area contributed by atoms with E-state index in [9.17, 15) is 9.59 Å². The van der Waals surface area contributed by atoms with E-state index in [1.165, 1.54) is 19.3 Å². The molecule has 35 heavy (non-hydrogen) atoms. The lowest BCUT2D eigenvalue weighted by Crippen LogP contribution is -2.35. The van der Waals surface area contributed by atoms with Gasteiger partial charge in [0.1, 0.15) is 11.3 Å². The van der Waals surface area contributed by atoms with Gasteiger partial charge in [-0.3, -0.25) is 9.59 Å². The number of nitrogens with one attached hydrogen (secondary N) is 2. The molecule has 1 unspecified atom stereocenters. The van der Waals surface area contributed by atoms with Gasteiger partial charge >= 0.3 is 0 Å². The molecule has 1 saturated heterocycles. The van der Waals surface area contributed by atoms with Crippen LogP contribution in [0.1, 0.15) is 67.3 Å². The summed E-state index contributed by atoms with van der Waals surface area (Å²) in [6, 6.07) is 9.44. The summed E-state index contributed by atoms with van der Waals surface area (Å²) in [4.78, 5) is 37.7. The molecule has 1 atom stereocenters. The predicted molar refractivity (Wildman–Crippen MR) is 138 cm³/mol. The number of amides is 2. The Kier molecular flexibility index (Phi) is 6.70. The highest BCUT2D eigenvalue weighted by molar-refractivity contribution is 6.04. The minimum atomic E-state index is -0.326. The second-order valence-corrected chi connectivity index (χ2v) is 9.85. The maximum Gasteiger partial charge on any atom is 0.253 e. The van der Waals surface area contributed by atoms with Crippen molar-refractivity contribution < 1.29 is 9.59 Å². The molecule has 5 rings (SSSR count). The summed E-state index contributed by atoms with van der Waals surface area (Å²) < 4.78 is 2.17. The number of carbonyl (C=O) groups excluding carboxylic acids is 2. The first-order valence-electron chi connectivity index (χ1n) is 12.8. The Morgan fingerprint density at radius 1 is 1.03 bits per heavy atom. The van der Waals surface area contributed by atoms with E-state index < -0.39 is 0 Å². The molecule has 8 nitrogen and oxygen atoms in total. The Morgan fingerprint density at radius 2 is 1.83 bits per heavy atom. The van der Waals surface area contributed by atoms with Gasteiger partial charge < -0.3 is 20.1 Å². The number of rotatable bonds is 6. The molecule has 0 saturated carbocycles. The number of hydrogen-bond donors (Lipinski definition) is 2. The molecule has 184 valence electrons. The zero-order valence-electron chi connectivity index (χ0n) is 20.6. The van der Waals surface area contributed by atoms with Crippen molar-refractivity contribution >= 4 is 34.4 Å². The predicted octanol–water partition coefficient (Wildman–Crippen LogP) is 4.21. The summed E-state index contributed by atoms with van der Waals surface area (Å²) in [6.07, 6.45) is 6.90. The Balaban J connectivity index is 1.25. The molecule has 1 aromatic carbocycles. The van der Waals surface area contributed by atoms with Crippen molar-refractivity contribution in [3.05, 3.63) is 47.4 Å². The van der Waals surface area contributed by atoms with Gasteiger partial charge in [0.05, 0.1) is 5.56 Å². The van der Waals surface area contributed by atoms with Gasteiger partial charge in [0.25, 0.3) is 5.91 Å². The number of aromatic nitrogens is 3. The zero-order valence-corrected chi connectivity index (χ0v) is 20.6. The van der Waals surface area contributed by atoms with Crippen molar-refractivity contribution in [1.82, 2.24) is 19.9 Å². The number of benzene rings is 1. The van der Waals surface area contributed by atoms with Gasteiger partial charge in [0.15, 0.2) is 5.65 Å². The fourth-order valence-electron chi connectivity index (χ4n) is 5.19. The molecular formula is C27H34N6O2. The summed E-state index contributed by atoms with van der Waals surface area (Å²) in [5.41, 5.74) is 4.67. The highest BCUT2D eigenvalue weighted by Crippen LogP contribution is 2.25. The first-order chi connectivity index (χ1) is 17.0. The van der Waals surface area contributed by atoms with E-state index >= 15 is 0 Å². The smallest absolute Gasteiger partial charge is 0.253 e.